The zero-order valence-electron chi connectivity index (χ0n) is 16.2. The standard InChI is InChI=1S/C20H20F3N3O4/c1-9-6-25(11-4-5-24(9)7-11)18-15(22)14(21)13-17(16(18)23)26(10-2-3-10)8-12(19(13)27)30-20(28)29/h8-11H,2-7H2,1H3,(H,28,29). The minimum Gasteiger partial charge on any atom is -0.449 e. The third-order valence-corrected chi connectivity index (χ3v) is 6.38. The summed E-state index contributed by atoms with van der Waals surface area (Å²) in [5, 5.41) is 8.04. The summed E-state index contributed by atoms with van der Waals surface area (Å²) in [6, 6.07) is -0.324. The monoisotopic (exact) mass is 423 g/mol. The van der Waals surface area contributed by atoms with Crippen LogP contribution in [-0.2, 0) is 0 Å². The minimum absolute atomic E-state index is 0.0540. The molecule has 2 bridgehead atoms. The number of piperazine rings is 1. The topological polar surface area (TPSA) is 75.0 Å². The van der Waals surface area contributed by atoms with Crippen molar-refractivity contribution in [1.29, 1.82) is 0 Å². The van der Waals surface area contributed by atoms with Crippen LogP contribution < -0.4 is 15.1 Å². The number of carboxylic acid groups (broad SMARTS) is 1. The molecule has 1 N–H and O–H groups in total. The molecule has 1 aliphatic carbocycles. The van der Waals surface area contributed by atoms with Gasteiger partial charge < -0.3 is 19.3 Å². The molecule has 7 nitrogen and oxygen atoms in total. The quantitative estimate of drug-likeness (QED) is 0.604. The number of pyridine rings is 1. The second kappa shape index (κ2) is 6.63. The first-order valence-corrected chi connectivity index (χ1v) is 9.94. The highest BCUT2D eigenvalue weighted by molar-refractivity contribution is 5.87. The van der Waals surface area contributed by atoms with Crippen LogP contribution >= 0.6 is 0 Å². The molecule has 3 unspecified atom stereocenters. The Balaban J connectivity index is 1.78. The number of benzene rings is 1. The Labute approximate surface area is 169 Å². The van der Waals surface area contributed by atoms with Crippen molar-refractivity contribution < 1.29 is 27.8 Å². The maximum Gasteiger partial charge on any atom is 0.511 e. The number of fused-ring (bicyclic) bond motifs is 3. The lowest BCUT2D eigenvalue weighted by Crippen LogP contribution is -2.52. The molecule has 2 aromatic rings. The number of anilines is 1. The molecule has 1 aromatic heterocycles. The second-order valence-electron chi connectivity index (χ2n) is 8.28. The maximum absolute atomic E-state index is 15.8. The fourth-order valence-corrected chi connectivity index (χ4v) is 4.76. The summed E-state index contributed by atoms with van der Waals surface area (Å²) < 4.78 is 51.9. The van der Waals surface area contributed by atoms with Gasteiger partial charge in [0.1, 0.15) is 5.69 Å². The lowest BCUT2D eigenvalue weighted by molar-refractivity contribution is 0.143. The zero-order valence-corrected chi connectivity index (χ0v) is 16.2. The Morgan fingerprint density at radius 1 is 1.10 bits per heavy atom. The highest BCUT2D eigenvalue weighted by Crippen LogP contribution is 2.42. The lowest BCUT2D eigenvalue weighted by Gasteiger charge is -2.40. The fraction of sp³-hybridized carbons (Fsp3) is 0.500. The van der Waals surface area contributed by atoms with Gasteiger partial charge in [0, 0.05) is 37.8 Å². The van der Waals surface area contributed by atoms with Crippen LogP contribution in [0.3, 0.4) is 0 Å². The number of rotatable bonds is 3. The lowest BCUT2D eigenvalue weighted by atomic mass is 10.1. The van der Waals surface area contributed by atoms with Crippen LogP contribution in [0.2, 0.25) is 0 Å². The summed E-state index contributed by atoms with van der Waals surface area (Å²) >= 11 is 0. The molecule has 3 atom stereocenters. The largest absolute Gasteiger partial charge is 0.511 e. The number of halogens is 3. The van der Waals surface area contributed by atoms with Crippen molar-refractivity contribution in [2.75, 3.05) is 24.5 Å². The van der Waals surface area contributed by atoms with Gasteiger partial charge in [-0.05, 0) is 26.2 Å². The Morgan fingerprint density at radius 3 is 2.50 bits per heavy atom. The Bertz CT molecular complexity index is 1130. The van der Waals surface area contributed by atoms with Gasteiger partial charge in [-0.1, -0.05) is 0 Å². The van der Waals surface area contributed by atoms with E-state index >= 15 is 13.2 Å². The zero-order chi connectivity index (χ0) is 21.3. The molecule has 0 spiro atoms. The van der Waals surface area contributed by atoms with E-state index in [1.165, 1.54) is 4.57 Å². The average Bonchev–Trinajstić information content (AvgIpc) is 3.44. The predicted molar refractivity (Wildman–Crippen MR) is 102 cm³/mol. The summed E-state index contributed by atoms with van der Waals surface area (Å²) in [5.74, 6) is -4.59. The van der Waals surface area contributed by atoms with Gasteiger partial charge in [-0.25, -0.2) is 18.0 Å². The van der Waals surface area contributed by atoms with Crippen LogP contribution in [0.5, 0.6) is 5.75 Å². The molecule has 160 valence electrons. The fourth-order valence-electron chi connectivity index (χ4n) is 4.76. The number of nitrogens with zero attached hydrogens (tertiary/aromatic N) is 3. The molecular weight excluding hydrogens is 403 g/mol. The first kappa shape index (κ1) is 19.2. The van der Waals surface area contributed by atoms with Crippen LogP contribution in [0, 0.1) is 17.5 Å². The van der Waals surface area contributed by atoms with E-state index in [0.29, 0.717) is 32.4 Å². The SMILES string of the molecule is CC1CN(c2c(F)c(F)c3c(=O)c(OC(=O)O)cn(C4CC4)c3c2F)C2CCN1C2. The van der Waals surface area contributed by atoms with Crippen molar-refractivity contribution in [3.8, 4) is 5.75 Å². The van der Waals surface area contributed by atoms with E-state index in [0.717, 1.165) is 12.7 Å². The number of carbonyl (C=O) groups is 1. The van der Waals surface area contributed by atoms with E-state index < -0.39 is 45.9 Å². The first-order chi connectivity index (χ1) is 14.3. The summed E-state index contributed by atoms with van der Waals surface area (Å²) in [7, 11) is 0. The van der Waals surface area contributed by atoms with Crippen molar-refractivity contribution in [2.45, 2.75) is 44.3 Å². The van der Waals surface area contributed by atoms with Gasteiger partial charge in [0.2, 0.25) is 5.43 Å². The van der Waals surface area contributed by atoms with Gasteiger partial charge >= 0.3 is 6.16 Å². The molecule has 2 aliphatic heterocycles. The number of ether oxygens (including phenoxy) is 1. The number of aromatic nitrogens is 1. The number of hydrogen-bond acceptors (Lipinski definition) is 5. The normalized spacial score (nSPS) is 25.7. The third kappa shape index (κ3) is 2.77. The van der Waals surface area contributed by atoms with Gasteiger partial charge in [0.05, 0.1) is 17.1 Å². The second-order valence-corrected chi connectivity index (χ2v) is 8.28. The highest BCUT2D eigenvalue weighted by Gasteiger charge is 2.41. The average molecular weight is 423 g/mol. The van der Waals surface area contributed by atoms with Gasteiger partial charge in [-0.15, -0.1) is 0 Å². The van der Waals surface area contributed by atoms with Crippen molar-refractivity contribution >= 4 is 22.7 Å². The summed E-state index contributed by atoms with van der Waals surface area (Å²) in [6.07, 6.45) is 1.33. The van der Waals surface area contributed by atoms with E-state index in [1.54, 1.807) is 4.90 Å². The van der Waals surface area contributed by atoms with Gasteiger partial charge in [-0.3, -0.25) is 9.69 Å². The molecule has 3 aliphatic rings. The minimum atomic E-state index is -1.76. The van der Waals surface area contributed by atoms with Crippen LogP contribution in [0.1, 0.15) is 32.2 Å². The summed E-state index contributed by atoms with van der Waals surface area (Å²) in [4.78, 5) is 27.4. The van der Waals surface area contributed by atoms with E-state index in [1.807, 2.05) is 6.92 Å². The Kier molecular flexibility index (Phi) is 4.25. The maximum atomic E-state index is 15.8. The molecule has 10 heteroatoms. The molecule has 1 saturated carbocycles. The van der Waals surface area contributed by atoms with Crippen molar-refractivity contribution in [1.82, 2.24) is 9.47 Å². The summed E-state index contributed by atoms with van der Waals surface area (Å²) in [6.45, 7) is 3.75. The van der Waals surface area contributed by atoms with Gasteiger partial charge in [0.25, 0.3) is 0 Å². The molecule has 30 heavy (non-hydrogen) atoms. The van der Waals surface area contributed by atoms with Crippen LogP contribution in [0.25, 0.3) is 10.9 Å². The molecule has 1 aromatic carbocycles. The van der Waals surface area contributed by atoms with E-state index in [-0.39, 0.29) is 23.6 Å². The van der Waals surface area contributed by atoms with E-state index in [9.17, 15) is 9.59 Å². The Morgan fingerprint density at radius 2 is 1.83 bits per heavy atom. The molecule has 0 radical (unpaired) electrons. The van der Waals surface area contributed by atoms with E-state index in [4.69, 9.17) is 5.11 Å². The van der Waals surface area contributed by atoms with Crippen molar-refractivity contribution in [3.05, 3.63) is 33.9 Å². The molecule has 5 rings (SSSR count). The summed E-state index contributed by atoms with van der Waals surface area (Å²) in [5.41, 5.74) is -1.99. The smallest absolute Gasteiger partial charge is 0.449 e. The molecular formula is C20H20F3N3O4. The molecule has 0 amide bonds. The number of hydrogen-bond donors (Lipinski definition) is 1. The van der Waals surface area contributed by atoms with Crippen LogP contribution in [-0.4, -0.2) is 52.4 Å². The molecule has 3 fully saturated rings. The highest BCUT2D eigenvalue weighted by atomic mass is 19.2. The van der Waals surface area contributed by atoms with Crippen LogP contribution in [0.4, 0.5) is 23.7 Å². The van der Waals surface area contributed by atoms with Crippen LogP contribution in [0.15, 0.2) is 11.0 Å². The first-order valence-electron chi connectivity index (χ1n) is 9.94. The van der Waals surface area contributed by atoms with Crippen molar-refractivity contribution in [3.63, 3.8) is 0 Å². The Hall–Kier alpha value is -2.75. The van der Waals surface area contributed by atoms with Crippen molar-refractivity contribution in [2.24, 2.45) is 0 Å². The molecule has 2 saturated heterocycles. The third-order valence-electron chi connectivity index (χ3n) is 6.38. The molecule has 3 heterocycles. The van der Waals surface area contributed by atoms with Gasteiger partial charge in [-0.2, -0.15) is 0 Å². The van der Waals surface area contributed by atoms with Gasteiger partial charge in [0.15, 0.2) is 23.2 Å². The predicted octanol–water partition coefficient (Wildman–Crippen LogP) is 3.09. The van der Waals surface area contributed by atoms with E-state index in [2.05, 4.69) is 9.64 Å².